The standard InChI is InChI=1S/C22H32N4O6S/c27-22(19-2-1-5-26(16-19)33(28,29)25-10-12-30-13-11-25)24-8-6-23(7-9-24)15-18-3-4-20-21(14-18)32-17-31-20/h3-4,14,19H,1-2,5-13,15-17H2/t19-/m1/s1. The van der Waals surface area contributed by atoms with Gasteiger partial charge in [0.1, 0.15) is 0 Å². The number of piperidine rings is 1. The van der Waals surface area contributed by atoms with Crippen molar-refractivity contribution >= 4 is 16.1 Å². The summed E-state index contributed by atoms with van der Waals surface area (Å²) >= 11 is 0. The molecular formula is C22H32N4O6S. The minimum Gasteiger partial charge on any atom is -0.454 e. The summed E-state index contributed by atoms with van der Waals surface area (Å²) in [6.45, 7) is 6.34. The molecule has 0 bridgehead atoms. The van der Waals surface area contributed by atoms with E-state index in [4.69, 9.17) is 14.2 Å². The Morgan fingerprint density at radius 1 is 0.939 bits per heavy atom. The van der Waals surface area contributed by atoms with E-state index in [9.17, 15) is 13.2 Å². The second-order valence-corrected chi connectivity index (χ2v) is 10.9. The third kappa shape index (κ3) is 4.97. The van der Waals surface area contributed by atoms with Crippen molar-refractivity contribution in [3.8, 4) is 11.5 Å². The molecule has 0 radical (unpaired) electrons. The Balaban J connectivity index is 1.13. The summed E-state index contributed by atoms with van der Waals surface area (Å²) < 4.78 is 45.2. The zero-order chi connectivity index (χ0) is 22.8. The van der Waals surface area contributed by atoms with E-state index in [0.29, 0.717) is 52.4 Å². The Morgan fingerprint density at radius 2 is 1.70 bits per heavy atom. The second-order valence-electron chi connectivity index (χ2n) is 9.01. The van der Waals surface area contributed by atoms with Gasteiger partial charge in [-0.25, -0.2) is 0 Å². The Labute approximate surface area is 195 Å². The van der Waals surface area contributed by atoms with Crippen molar-refractivity contribution in [1.82, 2.24) is 18.4 Å². The van der Waals surface area contributed by atoms with Crippen LogP contribution in [0.2, 0.25) is 0 Å². The third-order valence-electron chi connectivity index (χ3n) is 6.88. The molecule has 4 aliphatic rings. The average Bonchev–Trinajstić information content (AvgIpc) is 3.33. The van der Waals surface area contributed by atoms with Crippen LogP contribution in [0.5, 0.6) is 11.5 Å². The molecule has 11 heteroatoms. The molecule has 10 nitrogen and oxygen atoms in total. The molecule has 0 aromatic heterocycles. The van der Waals surface area contributed by atoms with Gasteiger partial charge < -0.3 is 19.1 Å². The van der Waals surface area contributed by atoms with Crippen LogP contribution >= 0.6 is 0 Å². The molecule has 1 atom stereocenters. The first-order valence-corrected chi connectivity index (χ1v) is 13.1. The number of piperazine rings is 1. The molecule has 0 unspecified atom stereocenters. The van der Waals surface area contributed by atoms with E-state index in [1.54, 1.807) is 0 Å². The van der Waals surface area contributed by atoms with Crippen LogP contribution in [-0.2, 0) is 26.3 Å². The Bertz CT molecular complexity index is 960. The monoisotopic (exact) mass is 480 g/mol. The number of ether oxygens (including phenoxy) is 3. The van der Waals surface area contributed by atoms with Gasteiger partial charge in [0.2, 0.25) is 12.7 Å². The lowest BCUT2D eigenvalue weighted by Gasteiger charge is -2.40. The predicted octanol–water partition coefficient (Wildman–Crippen LogP) is 0.349. The number of amides is 1. The minimum absolute atomic E-state index is 0.0830. The summed E-state index contributed by atoms with van der Waals surface area (Å²) in [6, 6.07) is 6.01. The largest absolute Gasteiger partial charge is 0.454 e. The van der Waals surface area contributed by atoms with Crippen molar-refractivity contribution in [2.45, 2.75) is 19.4 Å². The lowest BCUT2D eigenvalue weighted by atomic mass is 9.97. The normalized spacial score (nSPS) is 25.3. The summed E-state index contributed by atoms with van der Waals surface area (Å²) in [4.78, 5) is 17.5. The smallest absolute Gasteiger partial charge is 0.282 e. The van der Waals surface area contributed by atoms with Gasteiger partial charge in [0.25, 0.3) is 10.2 Å². The van der Waals surface area contributed by atoms with Crippen molar-refractivity contribution < 1.29 is 27.4 Å². The molecule has 1 aromatic rings. The van der Waals surface area contributed by atoms with E-state index in [2.05, 4.69) is 11.0 Å². The highest BCUT2D eigenvalue weighted by Crippen LogP contribution is 2.33. The van der Waals surface area contributed by atoms with E-state index in [1.807, 2.05) is 17.0 Å². The highest BCUT2D eigenvalue weighted by Gasteiger charge is 2.38. The van der Waals surface area contributed by atoms with Crippen LogP contribution in [0.3, 0.4) is 0 Å². The zero-order valence-electron chi connectivity index (χ0n) is 18.9. The van der Waals surface area contributed by atoms with Crippen molar-refractivity contribution in [3.63, 3.8) is 0 Å². The van der Waals surface area contributed by atoms with Crippen LogP contribution in [0.25, 0.3) is 0 Å². The number of hydrogen-bond donors (Lipinski definition) is 0. The van der Waals surface area contributed by atoms with Gasteiger partial charge in [-0.3, -0.25) is 9.69 Å². The number of morpholine rings is 1. The predicted molar refractivity (Wildman–Crippen MR) is 120 cm³/mol. The molecule has 0 saturated carbocycles. The van der Waals surface area contributed by atoms with E-state index >= 15 is 0 Å². The number of rotatable bonds is 5. The van der Waals surface area contributed by atoms with Crippen LogP contribution in [-0.4, -0.2) is 105 Å². The molecular weight excluding hydrogens is 448 g/mol. The van der Waals surface area contributed by atoms with E-state index in [1.165, 1.54) is 8.61 Å². The average molecular weight is 481 g/mol. The molecule has 3 fully saturated rings. The molecule has 5 rings (SSSR count). The number of nitrogens with zero attached hydrogens (tertiary/aromatic N) is 4. The molecule has 0 spiro atoms. The van der Waals surface area contributed by atoms with E-state index in [-0.39, 0.29) is 25.2 Å². The van der Waals surface area contributed by atoms with E-state index < -0.39 is 10.2 Å². The number of carbonyl (C=O) groups excluding carboxylic acids is 1. The van der Waals surface area contributed by atoms with Crippen molar-refractivity contribution in [1.29, 1.82) is 0 Å². The topological polar surface area (TPSA) is 91.9 Å². The Morgan fingerprint density at radius 3 is 2.48 bits per heavy atom. The first-order valence-electron chi connectivity index (χ1n) is 11.7. The summed E-state index contributed by atoms with van der Waals surface area (Å²) in [5, 5.41) is 0. The van der Waals surface area contributed by atoms with Gasteiger partial charge in [-0.2, -0.15) is 17.0 Å². The van der Waals surface area contributed by atoms with Crippen LogP contribution in [0.4, 0.5) is 0 Å². The maximum atomic E-state index is 13.2. The summed E-state index contributed by atoms with van der Waals surface area (Å²) in [5.41, 5.74) is 1.16. The fraction of sp³-hybridized carbons (Fsp3) is 0.682. The minimum atomic E-state index is -3.54. The molecule has 3 saturated heterocycles. The maximum absolute atomic E-state index is 13.2. The maximum Gasteiger partial charge on any atom is 0.282 e. The van der Waals surface area contributed by atoms with Crippen LogP contribution in [0.1, 0.15) is 18.4 Å². The molecule has 0 aliphatic carbocycles. The number of hydrogen-bond acceptors (Lipinski definition) is 7. The number of carbonyl (C=O) groups is 1. The Hall–Kier alpha value is -1.92. The fourth-order valence-corrected chi connectivity index (χ4v) is 6.64. The molecule has 33 heavy (non-hydrogen) atoms. The molecule has 4 aliphatic heterocycles. The van der Waals surface area contributed by atoms with Crippen LogP contribution in [0, 0.1) is 5.92 Å². The summed E-state index contributed by atoms with van der Waals surface area (Å²) in [7, 11) is -3.54. The summed E-state index contributed by atoms with van der Waals surface area (Å²) in [5.74, 6) is 1.39. The SMILES string of the molecule is O=C([C@@H]1CCCN(S(=O)(=O)N2CCOCC2)C1)N1CCN(Cc2ccc3c(c2)OCO3)CC1. The first kappa shape index (κ1) is 22.9. The van der Waals surface area contributed by atoms with Gasteiger partial charge in [-0.05, 0) is 30.5 Å². The quantitative estimate of drug-likeness (QED) is 0.601. The van der Waals surface area contributed by atoms with Gasteiger partial charge in [0.05, 0.1) is 19.1 Å². The van der Waals surface area contributed by atoms with Crippen molar-refractivity contribution in [2.24, 2.45) is 5.92 Å². The van der Waals surface area contributed by atoms with Crippen molar-refractivity contribution in [2.75, 3.05) is 72.4 Å². The third-order valence-corrected chi connectivity index (χ3v) is 8.89. The molecule has 1 amide bonds. The van der Waals surface area contributed by atoms with Gasteiger partial charge in [0, 0.05) is 58.9 Å². The van der Waals surface area contributed by atoms with Crippen molar-refractivity contribution in [3.05, 3.63) is 23.8 Å². The van der Waals surface area contributed by atoms with Gasteiger partial charge in [0.15, 0.2) is 11.5 Å². The van der Waals surface area contributed by atoms with Gasteiger partial charge >= 0.3 is 0 Å². The molecule has 4 heterocycles. The molecule has 182 valence electrons. The number of benzene rings is 1. The molecule has 1 aromatic carbocycles. The van der Waals surface area contributed by atoms with Crippen LogP contribution < -0.4 is 9.47 Å². The lowest BCUT2D eigenvalue weighted by molar-refractivity contribution is -0.138. The van der Waals surface area contributed by atoms with Gasteiger partial charge in [-0.15, -0.1) is 0 Å². The lowest BCUT2D eigenvalue weighted by Crippen LogP contribution is -2.55. The fourth-order valence-electron chi connectivity index (χ4n) is 4.98. The van der Waals surface area contributed by atoms with Crippen LogP contribution in [0.15, 0.2) is 18.2 Å². The second kappa shape index (κ2) is 9.75. The highest BCUT2D eigenvalue weighted by molar-refractivity contribution is 7.86. The first-order chi connectivity index (χ1) is 16.0. The Kier molecular flexibility index (Phi) is 6.75. The summed E-state index contributed by atoms with van der Waals surface area (Å²) in [6.07, 6.45) is 1.45. The highest BCUT2D eigenvalue weighted by atomic mass is 32.2. The molecule has 0 N–H and O–H groups in total. The van der Waals surface area contributed by atoms with E-state index in [0.717, 1.165) is 43.1 Å². The van der Waals surface area contributed by atoms with Gasteiger partial charge in [-0.1, -0.05) is 6.07 Å². The number of fused-ring (bicyclic) bond motifs is 1. The zero-order valence-corrected chi connectivity index (χ0v) is 19.7.